The zero-order valence-corrected chi connectivity index (χ0v) is 10.6. The summed E-state index contributed by atoms with van der Waals surface area (Å²) in [5.41, 5.74) is 0. The van der Waals surface area contributed by atoms with E-state index in [2.05, 4.69) is 5.32 Å². The van der Waals surface area contributed by atoms with Crippen LogP contribution >= 0.6 is 0 Å². The van der Waals surface area contributed by atoms with E-state index < -0.39 is 0 Å². The zero-order chi connectivity index (χ0) is 12.4. The van der Waals surface area contributed by atoms with Crippen molar-refractivity contribution >= 4 is 5.91 Å². The second-order valence-electron chi connectivity index (χ2n) is 5.28. The van der Waals surface area contributed by atoms with E-state index in [1.54, 1.807) is 6.26 Å². The van der Waals surface area contributed by atoms with Crippen molar-refractivity contribution in [2.45, 2.75) is 50.7 Å². The SMILES string of the molecule is O=C([C@@H]1CCCCN1)N(Cc1ccco1)C1CC1. The Labute approximate surface area is 107 Å². The predicted octanol–water partition coefficient (Wildman–Crippen LogP) is 1.91. The topological polar surface area (TPSA) is 45.5 Å². The first-order valence-corrected chi connectivity index (χ1v) is 6.91. The molecule has 1 aliphatic carbocycles. The molecule has 1 aliphatic heterocycles. The molecule has 2 aliphatic rings. The van der Waals surface area contributed by atoms with Crippen molar-refractivity contribution in [3.63, 3.8) is 0 Å². The Balaban J connectivity index is 1.66. The van der Waals surface area contributed by atoms with Gasteiger partial charge in [-0.1, -0.05) is 6.42 Å². The van der Waals surface area contributed by atoms with Gasteiger partial charge < -0.3 is 14.6 Å². The van der Waals surface area contributed by atoms with Gasteiger partial charge in [0.1, 0.15) is 5.76 Å². The van der Waals surface area contributed by atoms with Crippen LogP contribution in [0, 0.1) is 0 Å². The highest BCUT2D eigenvalue weighted by Crippen LogP contribution is 2.29. The fourth-order valence-corrected chi connectivity index (χ4v) is 2.61. The first-order valence-electron chi connectivity index (χ1n) is 6.91. The number of rotatable bonds is 4. The molecule has 1 saturated carbocycles. The number of hydrogen-bond acceptors (Lipinski definition) is 3. The molecule has 1 saturated heterocycles. The molecule has 2 heterocycles. The van der Waals surface area contributed by atoms with Crippen molar-refractivity contribution in [1.82, 2.24) is 10.2 Å². The fourth-order valence-electron chi connectivity index (χ4n) is 2.61. The Hall–Kier alpha value is -1.29. The summed E-state index contributed by atoms with van der Waals surface area (Å²) in [4.78, 5) is 14.5. The van der Waals surface area contributed by atoms with Gasteiger partial charge in [0.2, 0.25) is 5.91 Å². The molecule has 3 rings (SSSR count). The lowest BCUT2D eigenvalue weighted by molar-refractivity contribution is -0.135. The Morgan fingerprint density at radius 3 is 2.89 bits per heavy atom. The van der Waals surface area contributed by atoms with Crippen molar-refractivity contribution in [2.24, 2.45) is 0 Å². The molecule has 18 heavy (non-hydrogen) atoms. The van der Waals surface area contributed by atoms with Gasteiger partial charge in [0.05, 0.1) is 18.8 Å². The first-order chi connectivity index (χ1) is 8.84. The second kappa shape index (κ2) is 5.14. The molecule has 0 spiro atoms. The van der Waals surface area contributed by atoms with Gasteiger partial charge in [0, 0.05) is 6.04 Å². The Kier molecular flexibility index (Phi) is 3.37. The molecule has 1 amide bonds. The number of piperidine rings is 1. The van der Waals surface area contributed by atoms with E-state index in [0.29, 0.717) is 12.6 Å². The van der Waals surface area contributed by atoms with Crippen molar-refractivity contribution in [3.05, 3.63) is 24.2 Å². The highest BCUT2D eigenvalue weighted by molar-refractivity contribution is 5.82. The largest absolute Gasteiger partial charge is 0.467 e. The number of carbonyl (C=O) groups excluding carboxylic acids is 1. The predicted molar refractivity (Wildman–Crippen MR) is 67.9 cm³/mol. The van der Waals surface area contributed by atoms with Crippen LogP contribution < -0.4 is 5.32 Å². The summed E-state index contributed by atoms with van der Waals surface area (Å²) in [6.45, 7) is 1.59. The summed E-state index contributed by atoms with van der Waals surface area (Å²) in [5, 5.41) is 3.34. The number of nitrogens with one attached hydrogen (secondary N) is 1. The summed E-state index contributed by atoms with van der Waals surface area (Å²) in [6, 6.07) is 4.28. The number of hydrogen-bond donors (Lipinski definition) is 1. The van der Waals surface area contributed by atoms with E-state index in [1.807, 2.05) is 17.0 Å². The minimum atomic E-state index is 0.0225. The molecule has 0 unspecified atom stereocenters. The van der Waals surface area contributed by atoms with Gasteiger partial charge in [-0.3, -0.25) is 4.79 Å². The Bertz CT molecular complexity index is 392. The average Bonchev–Trinajstić information content (AvgIpc) is 3.13. The highest BCUT2D eigenvalue weighted by atomic mass is 16.3. The standard InChI is InChI=1S/C14H20N2O2/c17-14(13-5-1-2-8-15-13)16(11-6-7-11)10-12-4-3-9-18-12/h3-4,9,11,13,15H,1-2,5-8,10H2/t13-/m0/s1. The van der Waals surface area contributed by atoms with Crippen molar-refractivity contribution in [1.29, 1.82) is 0 Å². The van der Waals surface area contributed by atoms with Crippen LogP contribution in [-0.4, -0.2) is 29.4 Å². The normalized spacial score (nSPS) is 23.9. The number of amides is 1. The molecule has 0 bridgehead atoms. The van der Waals surface area contributed by atoms with Crippen LogP contribution in [0.25, 0.3) is 0 Å². The van der Waals surface area contributed by atoms with Crippen LogP contribution in [0.3, 0.4) is 0 Å². The first kappa shape index (κ1) is 11.8. The molecule has 98 valence electrons. The molecule has 1 aromatic heterocycles. The second-order valence-corrected chi connectivity index (χ2v) is 5.28. The Morgan fingerprint density at radius 1 is 1.39 bits per heavy atom. The van der Waals surface area contributed by atoms with Gasteiger partial charge >= 0.3 is 0 Å². The van der Waals surface area contributed by atoms with E-state index in [9.17, 15) is 4.79 Å². The molecule has 2 fully saturated rings. The van der Waals surface area contributed by atoms with Crippen molar-refractivity contribution in [2.75, 3.05) is 6.54 Å². The fraction of sp³-hybridized carbons (Fsp3) is 0.643. The van der Waals surface area contributed by atoms with Gasteiger partial charge in [0.15, 0.2) is 0 Å². The van der Waals surface area contributed by atoms with Gasteiger partial charge in [-0.15, -0.1) is 0 Å². The molecular weight excluding hydrogens is 228 g/mol. The number of nitrogens with zero attached hydrogens (tertiary/aromatic N) is 1. The van der Waals surface area contributed by atoms with Crippen molar-refractivity contribution < 1.29 is 9.21 Å². The van der Waals surface area contributed by atoms with E-state index >= 15 is 0 Å². The molecule has 0 aromatic carbocycles. The van der Waals surface area contributed by atoms with E-state index in [-0.39, 0.29) is 11.9 Å². The maximum absolute atomic E-state index is 12.5. The van der Waals surface area contributed by atoms with E-state index in [4.69, 9.17) is 4.42 Å². The highest BCUT2D eigenvalue weighted by Gasteiger charge is 2.36. The molecule has 1 aromatic rings. The maximum atomic E-state index is 12.5. The number of carbonyl (C=O) groups is 1. The van der Waals surface area contributed by atoms with E-state index in [0.717, 1.165) is 38.0 Å². The van der Waals surface area contributed by atoms with E-state index in [1.165, 1.54) is 6.42 Å². The summed E-state index contributed by atoms with van der Waals surface area (Å²) in [7, 11) is 0. The lowest BCUT2D eigenvalue weighted by Crippen LogP contribution is -2.49. The summed E-state index contributed by atoms with van der Waals surface area (Å²) < 4.78 is 5.37. The van der Waals surface area contributed by atoms with Gasteiger partial charge in [-0.25, -0.2) is 0 Å². The van der Waals surface area contributed by atoms with Crippen LogP contribution in [0.1, 0.15) is 37.9 Å². The molecular formula is C14H20N2O2. The molecule has 1 atom stereocenters. The number of furan rings is 1. The van der Waals surface area contributed by atoms with Crippen LogP contribution in [0.5, 0.6) is 0 Å². The molecule has 1 N–H and O–H groups in total. The lowest BCUT2D eigenvalue weighted by Gasteiger charge is -2.29. The third-order valence-electron chi connectivity index (χ3n) is 3.79. The molecule has 4 nitrogen and oxygen atoms in total. The third kappa shape index (κ3) is 2.58. The third-order valence-corrected chi connectivity index (χ3v) is 3.79. The quantitative estimate of drug-likeness (QED) is 0.885. The average molecular weight is 248 g/mol. The van der Waals surface area contributed by atoms with Crippen LogP contribution in [0.4, 0.5) is 0 Å². The molecule has 4 heteroatoms. The maximum Gasteiger partial charge on any atom is 0.240 e. The Morgan fingerprint density at radius 2 is 2.28 bits per heavy atom. The lowest BCUT2D eigenvalue weighted by atomic mass is 10.0. The van der Waals surface area contributed by atoms with Crippen molar-refractivity contribution in [3.8, 4) is 0 Å². The zero-order valence-electron chi connectivity index (χ0n) is 10.6. The van der Waals surface area contributed by atoms with Gasteiger partial charge in [-0.05, 0) is 44.4 Å². The van der Waals surface area contributed by atoms with Gasteiger partial charge in [-0.2, -0.15) is 0 Å². The van der Waals surface area contributed by atoms with Crippen LogP contribution in [0.2, 0.25) is 0 Å². The van der Waals surface area contributed by atoms with Gasteiger partial charge in [0.25, 0.3) is 0 Å². The van der Waals surface area contributed by atoms with Crippen LogP contribution in [-0.2, 0) is 11.3 Å². The molecule has 0 radical (unpaired) electrons. The van der Waals surface area contributed by atoms with Crippen LogP contribution in [0.15, 0.2) is 22.8 Å². The monoisotopic (exact) mass is 248 g/mol. The summed E-state index contributed by atoms with van der Waals surface area (Å²) in [6.07, 6.45) is 7.26. The summed E-state index contributed by atoms with van der Waals surface area (Å²) in [5.74, 6) is 1.14. The smallest absolute Gasteiger partial charge is 0.240 e. The minimum absolute atomic E-state index is 0.0225. The summed E-state index contributed by atoms with van der Waals surface area (Å²) >= 11 is 0. The minimum Gasteiger partial charge on any atom is -0.467 e.